The van der Waals surface area contributed by atoms with Crippen LogP contribution in [0.2, 0.25) is 0 Å². The van der Waals surface area contributed by atoms with Gasteiger partial charge in [-0.15, -0.1) is 11.6 Å². The van der Waals surface area contributed by atoms with E-state index in [9.17, 15) is 26.3 Å². The molecule has 1 atom stereocenters. The second-order valence-corrected chi connectivity index (χ2v) is 9.41. The molecule has 0 N–H and O–H groups in total. The first-order chi connectivity index (χ1) is 14.6. The first-order valence-corrected chi connectivity index (χ1v) is 12.2. The van der Waals surface area contributed by atoms with Crippen molar-refractivity contribution in [3.8, 4) is 0 Å². The lowest BCUT2D eigenvalue weighted by Gasteiger charge is -2.10. The highest BCUT2D eigenvalue weighted by Crippen LogP contribution is 2.40. The minimum Gasteiger partial charge on any atom is -0.251 e. The largest absolute Gasteiger partial charge is 0.433 e. The summed E-state index contributed by atoms with van der Waals surface area (Å²) in [6.07, 6.45) is -2.98. The van der Waals surface area contributed by atoms with Gasteiger partial charge in [0.1, 0.15) is 11.4 Å². The predicted molar refractivity (Wildman–Crippen MR) is 127 cm³/mol. The fourth-order valence-corrected chi connectivity index (χ4v) is 5.10. The van der Waals surface area contributed by atoms with Crippen molar-refractivity contribution in [2.24, 2.45) is 0 Å². The van der Waals surface area contributed by atoms with Gasteiger partial charge in [0.15, 0.2) is 0 Å². The first-order valence-electron chi connectivity index (χ1n) is 9.42. The highest BCUT2D eigenvalue weighted by atomic mass is 35.5. The molecule has 1 saturated heterocycles. The molecule has 33 heavy (non-hydrogen) atoms. The van der Waals surface area contributed by atoms with Crippen molar-refractivity contribution in [1.29, 1.82) is 0 Å². The molecular formula is C21H25BClF6N2S2. The zero-order valence-corrected chi connectivity index (χ0v) is 19.3. The van der Waals surface area contributed by atoms with Crippen LogP contribution in [0.3, 0.4) is 0 Å². The van der Waals surface area contributed by atoms with Crippen LogP contribution in [0.5, 0.6) is 0 Å². The molecule has 1 unspecified atom stereocenters. The maximum atomic E-state index is 12.2. The number of hydrogen-bond donors (Lipinski definition) is 0. The summed E-state index contributed by atoms with van der Waals surface area (Å²) in [5.41, 5.74) is 0.0503. The topological polar surface area (TPSA) is 25.8 Å². The van der Waals surface area contributed by atoms with Gasteiger partial charge < -0.3 is 0 Å². The van der Waals surface area contributed by atoms with Gasteiger partial charge in [0.25, 0.3) is 0 Å². The molecule has 0 amide bonds. The minimum atomic E-state index is -4.36. The summed E-state index contributed by atoms with van der Waals surface area (Å²) in [5.74, 6) is 3.27. The fourth-order valence-electron chi connectivity index (χ4n) is 2.63. The van der Waals surface area contributed by atoms with E-state index in [4.69, 9.17) is 11.6 Å². The van der Waals surface area contributed by atoms with Crippen molar-refractivity contribution >= 4 is 43.5 Å². The van der Waals surface area contributed by atoms with E-state index in [1.165, 1.54) is 18.5 Å². The number of hydrogen-bond acceptors (Lipinski definition) is 4. The Hall–Kier alpha value is -1.07. The summed E-state index contributed by atoms with van der Waals surface area (Å²) < 4.78 is 73.3. The molecule has 0 aliphatic carbocycles. The first kappa shape index (κ1) is 31.9. The van der Waals surface area contributed by atoms with E-state index >= 15 is 0 Å². The van der Waals surface area contributed by atoms with Gasteiger partial charge in [-0.3, -0.25) is 9.97 Å². The number of thioether (sulfide) groups is 2. The van der Waals surface area contributed by atoms with Gasteiger partial charge in [-0.25, -0.2) is 0 Å². The van der Waals surface area contributed by atoms with Crippen molar-refractivity contribution < 1.29 is 26.3 Å². The molecular weight excluding hydrogens is 505 g/mol. The fraction of sp³-hybridized carbons (Fsp3) is 0.524. The van der Waals surface area contributed by atoms with Crippen molar-refractivity contribution in [2.75, 3.05) is 17.4 Å². The molecule has 1 aliphatic rings. The summed E-state index contributed by atoms with van der Waals surface area (Å²) in [5, 5.41) is 0.333. The molecule has 0 spiro atoms. The Morgan fingerprint density at radius 2 is 1.58 bits per heavy atom. The van der Waals surface area contributed by atoms with E-state index < -0.39 is 23.7 Å². The van der Waals surface area contributed by atoms with Gasteiger partial charge in [0.2, 0.25) is 0 Å². The third-order valence-corrected chi connectivity index (χ3v) is 7.00. The average Bonchev–Trinajstić information content (AvgIpc) is 3.26. The molecule has 3 rings (SSSR count). The third kappa shape index (κ3) is 11.3. The Balaban J connectivity index is 0.000000586. The molecule has 3 radical (unpaired) electrons. The molecule has 12 heteroatoms. The van der Waals surface area contributed by atoms with Crippen LogP contribution in [0.4, 0.5) is 26.3 Å². The molecule has 0 bridgehead atoms. The molecule has 0 saturated carbocycles. The Labute approximate surface area is 206 Å². The zero-order valence-electron chi connectivity index (χ0n) is 16.9. The van der Waals surface area contributed by atoms with Gasteiger partial charge in [0.05, 0.1) is 0 Å². The highest BCUT2D eigenvalue weighted by molar-refractivity contribution is 7.99. The van der Waals surface area contributed by atoms with Crippen LogP contribution < -0.4 is 0 Å². The van der Waals surface area contributed by atoms with Crippen LogP contribution in [0.15, 0.2) is 36.7 Å². The molecule has 2 aromatic rings. The summed E-state index contributed by atoms with van der Waals surface area (Å²) in [7, 11) is 0. The van der Waals surface area contributed by atoms with Crippen LogP contribution in [-0.4, -0.2) is 35.8 Å². The van der Waals surface area contributed by atoms with Crippen molar-refractivity contribution in [3.63, 3.8) is 0 Å². The third-order valence-electron chi connectivity index (χ3n) is 4.18. The Morgan fingerprint density at radius 1 is 0.970 bits per heavy atom. The van der Waals surface area contributed by atoms with Gasteiger partial charge in [-0.05, 0) is 54.0 Å². The number of alkyl halides is 7. The lowest BCUT2D eigenvalue weighted by atomic mass is 10.1. The van der Waals surface area contributed by atoms with Crippen molar-refractivity contribution in [3.05, 3.63) is 59.2 Å². The molecule has 2 nitrogen and oxygen atoms in total. The van der Waals surface area contributed by atoms with Gasteiger partial charge >= 0.3 is 12.4 Å². The van der Waals surface area contributed by atoms with Crippen LogP contribution in [0.25, 0.3) is 0 Å². The van der Waals surface area contributed by atoms with Crippen LogP contribution in [0, 0.1) is 0 Å². The van der Waals surface area contributed by atoms with E-state index in [-0.39, 0.29) is 15.8 Å². The van der Waals surface area contributed by atoms with Gasteiger partial charge in [-0.2, -0.15) is 49.9 Å². The van der Waals surface area contributed by atoms with Crippen LogP contribution in [-0.2, 0) is 18.1 Å². The standard InChI is InChI=1S/C10H11ClF3NS.C10H10F3NS.CH4.B/c11-4-1-5-16-7-8-2-3-9(15-6-8)10(12,13)14;11-10(12,13)9-4-3-7(6-14-9)8-2-1-5-15-8;;/h2-3,6H,1,4-5,7H2;3-4,6,8H,1-2,5H2;1H4;. The number of rotatable bonds is 6. The van der Waals surface area contributed by atoms with Crippen LogP contribution in [0.1, 0.15) is 54.5 Å². The maximum Gasteiger partial charge on any atom is 0.433 e. The van der Waals surface area contributed by atoms with Gasteiger partial charge in [-0.1, -0.05) is 19.6 Å². The summed E-state index contributed by atoms with van der Waals surface area (Å²) in [4.78, 5) is 6.84. The molecule has 2 aromatic heterocycles. The maximum absolute atomic E-state index is 12.2. The SMILES string of the molecule is C.FC(F)(F)c1ccc(C2CCCS2)cn1.FC(F)(F)c1ccc(CSCCCCl)cn1.[B]. The van der Waals surface area contributed by atoms with E-state index in [0.717, 1.165) is 54.0 Å². The van der Waals surface area contributed by atoms with E-state index in [1.54, 1.807) is 29.6 Å². The van der Waals surface area contributed by atoms with Crippen LogP contribution >= 0.6 is 35.1 Å². The molecule has 3 heterocycles. The summed E-state index contributed by atoms with van der Waals surface area (Å²) in [6, 6.07) is 5.08. The quantitative estimate of drug-likeness (QED) is 0.164. The lowest BCUT2D eigenvalue weighted by molar-refractivity contribution is -0.142. The van der Waals surface area contributed by atoms with Gasteiger partial charge in [0, 0.05) is 37.7 Å². The Morgan fingerprint density at radius 3 is 2.00 bits per heavy atom. The Bertz CT molecular complexity index is 783. The minimum absolute atomic E-state index is 0. The van der Waals surface area contributed by atoms with E-state index in [2.05, 4.69) is 9.97 Å². The zero-order chi connectivity index (χ0) is 22.9. The Kier molecular flexibility index (Phi) is 14.6. The number of nitrogens with zero attached hydrogens (tertiary/aromatic N) is 2. The lowest BCUT2D eigenvalue weighted by Crippen LogP contribution is -2.07. The number of aromatic nitrogens is 2. The molecule has 1 aliphatic heterocycles. The molecule has 0 aromatic carbocycles. The smallest absolute Gasteiger partial charge is 0.251 e. The molecule has 183 valence electrons. The van der Waals surface area contributed by atoms with Crippen molar-refractivity contribution in [2.45, 2.75) is 50.0 Å². The van der Waals surface area contributed by atoms with Crippen molar-refractivity contribution in [1.82, 2.24) is 9.97 Å². The summed E-state index contributed by atoms with van der Waals surface area (Å²) >= 11 is 8.93. The summed E-state index contributed by atoms with van der Waals surface area (Å²) in [6.45, 7) is 0. The average molecular weight is 530 g/mol. The van der Waals surface area contributed by atoms with E-state index in [1.807, 2.05) is 0 Å². The second kappa shape index (κ2) is 15.0. The van der Waals surface area contributed by atoms with E-state index in [0.29, 0.717) is 16.9 Å². The normalized spacial score (nSPS) is 15.7. The monoisotopic (exact) mass is 529 g/mol. The molecule has 1 fully saturated rings. The second-order valence-electron chi connectivity index (χ2n) is 6.62. The predicted octanol–water partition coefficient (Wildman–Crippen LogP) is 7.89. The number of pyridine rings is 2. The highest BCUT2D eigenvalue weighted by Gasteiger charge is 2.33. The number of halogens is 7.